The molecule has 0 heterocycles. The van der Waals surface area contributed by atoms with Crippen molar-refractivity contribution in [2.45, 2.75) is 32.8 Å². The molecule has 0 radical (unpaired) electrons. The summed E-state index contributed by atoms with van der Waals surface area (Å²) in [6.07, 6.45) is 0. The van der Waals surface area contributed by atoms with Crippen LogP contribution >= 0.6 is 0 Å². The molecule has 0 aliphatic rings. The molecular weight excluding hydrogens is 258 g/mol. The van der Waals surface area contributed by atoms with Crippen molar-refractivity contribution in [2.24, 2.45) is 0 Å². The zero-order chi connectivity index (χ0) is 14.8. The second-order valence-electron chi connectivity index (χ2n) is 5.78. The molecule has 0 saturated carbocycles. The molecule has 0 atom stereocenters. The molecule has 0 N–H and O–H groups in total. The fraction of sp³-hybridized carbons (Fsp3) is 0.294. The highest BCUT2D eigenvalue weighted by Crippen LogP contribution is 2.31. The highest BCUT2D eigenvalue weighted by molar-refractivity contribution is 5.38. The Hall–Kier alpha value is -1.90. The van der Waals surface area contributed by atoms with Crippen molar-refractivity contribution in [1.29, 1.82) is 0 Å². The molecule has 20 heavy (non-hydrogen) atoms. The molecule has 0 bridgehead atoms. The van der Waals surface area contributed by atoms with Crippen molar-refractivity contribution in [1.82, 2.24) is 0 Å². The summed E-state index contributed by atoms with van der Waals surface area (Å²) in [6, 6.07) is 11.6. The highest BCUT2D eigenvalue weighted by Gasteiger charge is 2.18. The van der Waals surface area contributed by atoms with Crippen LogP contribution in [0.5, 0.6) is 5.75 Å². The Balaban J connectivity index is 2.17. The van der Waals surface area contributed by atoms with Crippen LogP contribution in [0.3, 0.4) is 0 Å². The van der Waals surface area contributed by atoms with Crippen LogP contribution in [0.25, 0.3) is 0 Å². The maximum atomic E-state index is 13.1. The minimum absolute atomic E-state index is 0.0371. The Bertz CT molecular complexity index is 600. The van der Waals surface area contributed by atoms with Crippen LogP contribution in [0.2, 0.25) is 0 Å². The van der Waals surface area contributed by atoms with E-state index < -0.39 is 11.6 Å². The smallest absolute Gasteiger partial charge is 0.159 e. The highest BCUT2D eigenvalue weighted by atomic mass is 19.2. The van der Waals surface area contributed by atoms with Crippen LogP contribution in [0.1, 0.15) is 31.9 Å². The minimum atomic E-state index is -0.852. The maximum absolute atomic E-state index is 13.1. The molecule has 0 fully saturated rings. The van der Waals surface area contributed by atoms with E-state index in [1.165, 1.54) is 6.07 Å². The fourth-order valence-electron chi connectivity index (χ4n) is 2.00. The lowest BCUT2D eigenvalue weighted by molar-refractivity contribution is 0.296. The molecule has 0 aromatic heterocycles. The van der Waals surface area contributed by atoms with E-state index in [1.54, 1.807) is 0 Å². The number of ether oxygens (including phenoxy) is 1. The Morgan fingerprint density at radius 1 is 0.950 bits per heavy atom. The molecule has 3 heteroatoms. The second-order valence-corrected chi connectivity index (χ2v) is 5.78. The molecule has 0 amide bonds. The first kappa shape index (κ1) is 14.5. The minimum Gasteiger partial charge on any atom is -0.489 e. The van der Waals surface area contributed by atoms with Gasteiger partial charge in [-0.15, -0.1) is 0 Å². The van der Waals surface area contributed by atoms with E-state index in [-0.39, 0.29) is 12.0 Å². The van der Waals surface area contributed by atoms with Gasteiger partial charge in [0.25, 0.3) is 0 Å². The molecule has 0 aliphatic heterocycles. The normalized spacial score (nSPS) is 11.4. The average molecular weight is 276 g/mol. The third-order valence-electron chi connectivity index (χ3n) is 3.07. The maximum Gasteiger partial charge on any atom is 0.159 e. The fourth-order valence-corrected chi connectivity index (χ4v) is 2.00. The van der Waals surface area contributed by atoms with E-state index in [0.29, 0.717) is 5.56 Å². The Morgan fingerprint density at radius 3 is 2.30 bits per heavy atom. The zero-order valence-electron chi connectivity index (χ0n) is 11.9. The third kappa shape index (κ3) is 3.35. The van der Waals surface area contributed by atoms with Gasteiger partial charge in [0.05, 0.1) is 0 Å². The van der Waals surface area contributed by atoms with Crippen LogP contribution in [-0.4, -0.2) is 0 Å². The number of rotatable bonds is 3. The van der Waals surface area contributed by atoms with Crippen LogP contribution < -0.4 is 4.74 Å². The molecule has 0 aliphatic carbocycles. The van der Waals surface area contributed by atoms with Gasteiger partial charge in [-0.3, -0.25) is 0 Å². The molecule has 106 valence electrons. The van der Waals surface area contributed by atoms with Gasteiger partial charge in [0.1, 0.15) is 12.4 Å². The molecule has 0 unspecified atom stereocenters. The molecular formula is C17H18F2O. The summed E-state index contributed by atoms with van der Waals surface area (Å²) in [6.45, 7) is 6.52. The third-order valence-corrected chi connectivity index (χ3v) is 3.07. The first-order chi connectivity index (χ1) is 9.38. The van der Waals surface area contributed by atoms with Gasteiger partial charge >= 0.3 is 0 Å². The van der Waals surface area contributed by atoms with E-state index in [4.69, 9.17) is 4.74 Å². The lowest BCUT2D eigenvalue weighted by atomic mass is 9.86. The second kappa shape index (κ2) is 5.61. The van der Waals surface area contributed by atoms with Crippen LogP contribution in [0.4, 0.5) is 8.78 Å². The van der Waals surface area contributed by atoms with Gasteiger partial charge in [-0.2, -0.15) is 0 Å². The van der Waals surface area contributed by atoms with Crippen molar-refractivity contribution in [3.63, 3.8) is 0 Å². The van der Waals surface area contributed by atoms with Crippen LogP contribution in [0.15, 0.2) is 42.5 Å². The van der Waals surface area contributed by atoms with Gasteiger partial charge < -0.3 is 4.74 Å². The summed E-state index contributed by atoms with van der Waals surface area (Å²) in [5.74, 6) is -0.927. The number of hydrogen-bond donors (Lipinski definition) is 0. The average Bonchev–Trinajstić information content (AvgIpc) is 2.39. The van der Waals surface area contributed by atoms with E-state index >= 15 is 0 Å². The van der Waals surface area contributed by atoms with Gasteiger partial charge in [0.15, 0.2) is 11.6 Å². The standard InChI is InChI=1S/C17H18F2O/c1-17(2,3)13-6-4-5-7-16(13)20-11-12-8-9-14(18)15(19)10-12/h4-10H,11H2,1-3H3. The van der Waals surface area contributed by atoms with E-state index in [9.17, 15) is 8.78 Å². The molecule has 1 nitrogen and oxygen atoms in total. The zero-order valence-corrected chi connectivity index (χ0v) is 11.9. The van der Waals surface area contributed by atoms with E-state index in [2.05, 4.69) is 20.8 Å². The summed E-state index contributed by atoms with van der Waals surface area (Å²) in [5, 5.41) is 0. The van der Waals surface area contributed by atoms with Crippen LogP contribution in [0, 0.1) is 11.6 Å². The first-order valence-electron chi connectivity index (χ1n) is 6.54. The van der Waals surface area contributed by atoms with Crippen molar-refractivity contribution < 1.29 is 13.5 Å². The SMILES string of the molecule is CC(C)(C)c1ccccc1OCc1ccc(F)c(F)c1. The predicted octanol–water partition coefficient (Wildman–Crippen LogP) is 4.84. The van der Waals surface area contributed by atoms with Crippen molar-refractivity contribution in [3.8, 4) is 5.75 Å². The number of benzene rings is 2. The van der Waals surface area contributed by atoms with Crippen molar-refractivity contribution in [3.05, 3.63) is 65.2 Å². The number of hydrogen-bond acceptors (Lipinski definition) is 1. The lowest BCUT2D eigenvalue weighted by Crippen LogP contribution is -2.13. The Morgan fingerprint density at radius 2 is 1.65 bits per heavy atom. The van der Waals surface area contributed by atoms with E-state index in [0.717, 1.165) is 23.4 Å². The molecule has 2 aromatic carbocycles. The summed E-state index contributed by atoms with van der Waals surface area (Å²) < 4.78 is 31.8. The summed E-state index contributed by atoms with van der Waals surface area (Å²) in [5.41, 5.74) is 1.65. The topological polar surface area (TPSA) is 9.23 Å². The molecule has 0 saturated heterocycles. The summed E-state index contributed by atoms with van der Waals surface area (Å²) in [4.78, 5) is 0. The Labute approximate surface area is 118 Å². The largest absolute Gasteiger partial charge is 0.489 e. The van der Waals surface area contributed by atoms with Gasteiger partial charge in [0.2, 0.25) is 0 Å². The van der Waals surface area contributed by atoms with Gasteiger partial charge in [0, 0.05) is 0 Å². The monoisotopic (exact) mass is 276 g/mol. The number of para-hydroxylation sites is 1. The van der Waals surface area contributed by atoms with Crippen molar-refractivity contribution >= 4 is 0 Å². The first-order valence-corrected chi connectivity index (χ1v) is 6.54. The van der Waals surface area contributed by atoms with Gasteiger partial charge in [-0.1, -0.05) is 45.0 Å². The summed E-state index contributed by atoms with van der Waals surface area (Å²) >= 11 is 0. The molecule has 0 spiro atoms. The van der Waals surface area contributed by atoms with Crippen molar-refractivity contribution in [2.75, 3.05) is 0 Å². The Kier molecular flexibility index (Phi) is 4.07. The van der Waals surface area contributed by atoms with Gasteiger partial charge in [-0.05, 0) is 34.7 Å². The summed E-state index contributed by atoms with van der Waals surface area (Å²) in [7, 11) is 0. The van der Waals surface area contributed by atoms with Gasteiger partial charge in [-0.25, -0.2) is 8.78 Å². The molecule has 2 aromatic rings. The predicted molar refractivity (Wildman–Crippen MR) is 75.8 cm³/mol. The lowest BCUT2D eigenvalue weighted by Gasteiger charge is -2.22. The van der Waals surface area contributed by atoms with Crippen LogP contribution in [-0.2, 0) is 12.0 Å². The number of halogens is 2. The van der Waals surface area contributed by atoms with E-state index in [1.807, 2.05) is 24.3 Å². The quantitative estimate of drug-likeness (QED) is 0.779. The molecule has 2 rings (SSSR count).